The molecule has 39 heavy (non-hydrogen) atoms. The lowest BCUT2D eigenvalue weighted by Gasteiger charge is -2.23. The van der Waals surface area contributed by atoms with E-state index in [9.17, 15) is 4.79 Å². The van der Waals surface area contributed by atoms with E-state index in [0.717, 1.165) is 77.9 Å². The molecule has 0 radical (unpaired) electrons. The molecule has 0 spiro atoms. The summed E-state index contributed by atoms with van der Waals surface area (Å²) in [6.45, 7) is 6.89. The average Bonchev–Trinajstić information content (AvgIpc) is 3.35. The standard InChI is InChI=1S/C31H34N6O2/c1-3-21-17-28(38)37(19-21)27-10-4-8-24-23(27)12-11-20(2)29(24)39-30-25(9-6-15-33-30)26-13-16-34-31(36-26)35-22-7-5-14-32-18-22/h4,6,8-13,15-16,21-22,32H,3,5,7,14,17-19H2,1-2H3,(H,34,35,36)/t21?,22-/m0/s1. The van der Waals surface area contributed by atoms with Gasteiger partial charge >= 0.3 is 0 Å². The molecule has 2 aromatic heterocycles. The molecule has 200 valence electrons. The second kappa shape index (κ2) is 11.0. The molecule has 1 unspecified atom stereocenters. The number of aryl methyl sites for hydroxylation is 1. The summed E-state index contributed by atoms with van der Waals surface area (Å²) in [6, 6.07) is 16.3. The first-order valence-corrected chi connectivity index (χ1v) is 13.9. The Balaban J connectivity index is 1.34. The van der Waals surface area contributed by atoms with Crippen LogP contribution in [0.5, 0.6) is 11.6 Å². The van der Waals surface area contributed by atoms with E-state index in [1.165, 1.54) is 0 Å². The molecule has 2 aliphatic heterocycles. The molecular formula is C31H34N6O2. The molecular weight excluding hydrogens is 488 g/mol. The summed E-state index contributed by atoms with van der Waals surface area (Å²) in [5.41, 5.74) is 3.46. The molecule has 2 aromatic carbocycles. The minimum atomic E-state index is 0.182. The number of rotatable bonds is 7. The van der Waals surface area contributed by atoms with E-state index in [1.54, 1.807) is 12.4 Å². The second-order valence-electron chi connectivity index (χ2n) is 10.5. The van der Waals surface area contributed by atoms with Crippen LogP contribution in [-0.2, 0) is 4.79 Å². The van der Waals surface area contributed by atoms with Crippen LogP contribution in [0.1, 0.15) is 38.2 Å². The number of carbonyl (C=O) groups excluding carboxylic acids is 1. The predicted octanol–water partition coefficient (Wildman–Crippen LogP) is 5.72. The summed E-state index contributed by atoms with van der Waals surface area (Å²) in [6.07, 6.45) is 7.32. The highest BCUT2D eigenvalue weighted by Gasteiger charge is 2.30. The quantitative estimate of drug-likeness (QED) is 0.321. The van der Waals surface area contributed by atoms with Crippen LogP contribution < -0.4 is 20.3 Å². The Kier molecular flexibility index (Phi) is 7.11. The van der Waals surface area contributed by atoms with Crippen LogP contribution in [0.3, 0.4) is 0 Å². The second-order valence-corrected chi connectivity index (χ2v) is 10.5. The first-order chi connectivity index (χ1) is 19.1. The summed E-state index contributed by atoms with van der Waals surface area (Å²) >= 11 is 0. The number of amides is 1. The maximum Gasteiger partial charge on any atom is 0.228 e. The fraction of sp³-hybridized carbons (Fsp3) is 0.355. The van der Waals surface area contributed by atoms with Gasteiger partial charge in [-0.3, -0.25) is 4.79 Å². The minimum absolute atomic E-state index is 0.182. The summed E-state index contributed by atoms with van der Waals surface area (Å²) in [7, 11) is 0. The number of anilines is 2. The van der Waals surface area contributed by atoms with E-state index in [4.69, 9.17) is 9.72 Å². The average molecular weight is 523 g/mol. The van der Waals surface area contributed by atoms with Crippen LogP contribution in [0, 0.1) is 12.8 Å². The van der Waals surface area contributed by atoms with Crippen LogP contribution in [0.2, 0.25) is 0 Å². The van der Waals surface area contributed by atoms with Crippen molar-refractivity contribution in [3.8, 4) is 22.9 Å². The molecule has 0 bridgehead atoms. The van der Waals surface area contributed by atoms with Gasteiger partial charge in [0.15, 0.2) is 0 Å². The fourth-order valence-electron chi connectivity index (χ4n) is 5.58. The Labute approximate surface area is 228 Å². The highest BCUT2D eigenvalue weighted by molar-refractivity contribution is 6.06. The number of fused-ring (bicyclic) bond motifs is 1. The molecule has 0 saturated carbocycles. The molecule has 8 nitrogen and oxygen atoms in total. The van der Waals surface area contributed by atoms with Crippen LogP contribution in [0.4, 0.5) is 11.6 Å². The number of pyridine rings is 1. The number of benzene rings is 2. The smallest absolute Gasteiger partial charge is 0.228 e. The lowest BCUT2D eigenvalue weighted by Crippen LogP contribution is -2.38. The number of nitrogens with one attached hydrogen (secondary N) is 2. The molecule has 2 fully saturated rings. The number of piperidine rings is 1. The summed E-state index contributed by atoms with van der Waals surface area (Å²) in [5, 5.41) is 8.82. The van der Waals surface area contributed by atoms with E-state index < -0.39 is 0 Å². The van der Waals surface area contributed by atoms with Crippen LogP contribution in [0.25, 0.3) is 22.0 Å². The first-order valence-electron chi connectivity index (χ1n) is 13.9. The van der Waals surface area contributed by atoms with Gasteiger partial charge in [-0.25, -0.2) is 15.0 Å². The fourth-order valence-corrected chi connectivity index (χ4v) is 5.58. The largest absolute Gasteiger partial charge is 0.437 e. The van der Waals surface area contributed by atoms with Crippen molar-refractivity contribution in [3.05, 3.63) is 66.5 Å². The third-order valence-corrected chi connectivity index (χ3v) is 7.79. The summed E-state index contributed by atoms with van der Waals surface area (Å²) in [5.74, 6) is 2.38. The Bertz CT molecular complexity index is 1500. The molecule has 1 amide bonds. The first kappa shape index (κ1) is 25.2. The summed E-state index contributed by atoms with van der Waals surface area (Å²) < 4.78 is 6.58. The van der Waals surface area contributed by atoms with Crippen LogP contribution in [0.15, 0.2) is 60.9 Å². The van der Waals surface area contributed by atoms with E-state index >= 15 is 0 Å². The number of aromatic nitrogens is 3. The third kappa shape index (κ3) is 5.16. The Morgan fingerprint density at radius 1 is 1.08 bits per heavy atom. The number of nitrogens with zero attached hydrogens (tertiary/aromatic N) is 4. The number of hydrogen-bond donors (Lipinski definition) is 2. The van der Waals surface area contributed by atoms with Crippen molar-refractivity contribution in [1.29, 1.82) is 0 Å². The van der Waals surface area contributed by atoms with Crippen molar-refractivity contribution in [1.82, 2.24) is 20.3 Å². The monoisotopic (exact) mass is 522 g/mol. The van der Waals surface area contributed by atoms with E-state index in [1.807, 2.05) is 54.3 Å². The van der Waals surface area contributed by atoms with E-state index in [2.05, 4.69) is 33.6 Å². The molecule has 2 N–H and O–H groups in total. The van der Waals surface area contributed by atoms with Gasteiger partial charge < -0.3 is 20.3 Å². The number of carbonyl (C=O) groups is 1. The maximum absolute atomic E-state index is 12.8. The lowest BCUT2D eigenvalue weighted by molar-refractivity contribution is -0.117. The van der Waals surface area contributed by atoms with Crippen molar-refractivity contribution in [2.75, 3.05) is 29.9 Å². The van der Waals surface area contributed by atoms with Crippen molar-refractivity contribution in [2.24, 2.45) is 5.92 Å². The van der Waals surface area contributed by atoms with Gasteiger partial charge in [-0.2, -0.15) is 0 Å². The van der Waals surface area contributed by atoms with Crippen molar-refractivity contribution < 1.29 is 9.53 Å². The zero-order valence-electron chi connectivity index (χ0n) is 22.5. The van der Waals surface area contributed by atoms with Crippen molar-refractivity contribution in [3.63, 3.8) is 0 Å². The third-order valence-electron chi connectivity index (χ3n) is 7.79. The Hall–Kier alpha value is -4.04. The Morgan fingerprint density at radius 3 is 2.82 bits per heavy atom. The molecule has 2 aliphatic rings. The lowest BCUT2D eigenvalue weighted by atomic mass is 10.0. The molecule has 8 heteroatoms. The molecule has 4 heterocycles. The predicted molar refractivity (Wildman–Crippen MR) is 154 cm³/mol. The zero-order chi connectivity index (χ0) is 26.8. The molecule has 2 atom stereocenters. The van der Waals surface area contributed by atoms with Gasteiger partial charge in [0.1, 0.15) is 5.75 Å². The van der Waals surface area contributed by atoms with Gasteiger partial charge in [-0.05, 0) is 62.1 Å². The molecule has 6 rings (SSSR count). The molecule has 0 aliphatic carbocycles. The highest BCUT2D eigenvalue weighted by atomic mass is 16.5. The number of ether oxygens (including phenoxy) is 1. The van der Waals surface area contributed by atoms with Crippen LogP contribution >= 0.6 is 0 Å². The van der Waals surface area contributed by atoms with Gasteiger partial charge in [0.2, 0.25) is 17.7 Å². The number of hydrogen-bond acceptors (Lipinski definition) is 7. The van der Waals surface area contributed by atoms with E-state index in [-0.39, 0.29) is 5.91 Å². The van der Waals surface area contributed by atoms with Crippen molar-refractivity contribution in [2.45, 2.75) is 45.6 Å². The van der Waals surface area contributed by atoms with Gasteiger partial charge in [0.05, 0.1) is 16.9 Å². The minimum Gasteiger partial charge on any atom is -0.437 e. The van der Waals surface area contributed by atoms with Gasteiger partial charge in [0.25, 0.3) is 0 Å². The topological polar surface area (TPSA) is 92.3 Å². The van der Waals surface area contributed by atoms with Crippen molar-refractivity contribution >= 4 is 28.3 Å². The van der Waals surface area contributed by atoms with E-state index in [0.29, 0.717) is 30.2 Å². The normalized spacial score (nSPS) is 19.4. The highest BCUT2D eigenvalue weighted by Crippen LogP contribution is 2.40. The van der Waals surface area contributed by atoms with Gasteiger partial charge in [-0.15, -0.1) is 0 Å². The zero-order valence-corrected chi connectivity index (χ0v) is 22.5. The summed E-state index contributed by atoms with van der Waals surface area (Å²) in [4.78, 5) is 28.6. The molecule has 2 saturated heterocycles. The molecule has 4 aromatic rings. The Morgan fingerprint density at radius 2 is 2.00 bits per heavy atom. The van der Waals surface area contributed by atoms with Crippen LogP contribution in [-0.4, -0.2) is 46.5 Å². The van der Waals surface area contributed by atoms with Gasteiger partial charge in [0, 0.05) is 48.7 Å². The van der Waals surface area contributed by atoms with Gasteiger partial charge in [-0.1, -0.05) is 37.6 Å². The SMILES string of the molecule is CCC1CC(=O)N(c2cccc3c(Oc4ncccc4-c4ccnc(N[C@H]5CCCNC5)n4)c(C)ccc23)C1. The maximum atomic E-state index is 12.8.